The lowest BCUT2D eigenvalue weighted by atomic mass is 10.1. The van der Waals surface area contributed by atoms with Gasteiger partial charge in [0.25, 0.3) is 0 Å². The molecule has 1 N–H and O–H groups in total. The van der Waals surface area contributed by atoms with Gasteiger partial charge in [-0.1, -0.05) is 6.58 Å². The van der Waals surface area contributed by atoms with Crippen LogP contribution in [0.15, 0.2) is 17.9 Å². The average molecular weight is 126 g/mol. The topological polar surface area (TPSA) is 20.2 Å². The van der Waals surface area contributed by atoms with Crippen molar-refractivity contribution in [2.45, 2.75) is 32.8 Å². The van der Waals surface area contributed by atoms with Gasteiger partial charge in [-0.25, -0.2) is 0 Å². The molecule has 0 unspecified atom stereocenters. The average Bonchev–Trinajstić information content (AvgIpc) is 1.83. The molecule has 0 aromatic rings. The smallest absolute Gasteiger partial charge is 0.0515 e. The van der Waals surface area contributed by atoms with Gasteiger partial charge in [-0.15, -0.1) is 5.73 Å². The van der Waals surface area contributed by atoms with Crippen LogP contribution in [0.5, 0.6) is 0 Å². The summed E-state index contributed by atoms with van der Waals surface area (Å²) in [6, 6.07) is 0. The third-order valence-electron chi connectivity index (χ3n) is 1.24. The van der Waals surface area contributed by atoms with E-state index in [2.05, 4.69) is 12.3 Å². The van der Waals surface area contributed by atoms with E-state index in [1.165, 1.54) is 0 Å². The molecule has 52 valence electrons. The number of allylic oxidation sites excluding steroid dienone is 1. The molecule has 0 heterocycles. The third-order valence-corrected chi connectivity index (χ3v) is 1.24. The van der Waals surface area contributed by atoms with E-state index in [-0.39, 0.29) is 6.10 Å². The van der Waals surface area contributed by atoms with Gasteiger partial charge in [0.15, 0.2) is 0 Å². The Morgan fingerprint density at radius 1 is 1.78 bits per heavy atom. The Morgan fingerprint density at radius 3 is 2.67 bits per heavy atom. The molecule has 0 spiro atoms. The Labute approximate surface area is 56.7 Å². The molecule has 0 aliphatic rings. The first-order valence-electron chi connectivity index (χ1n) is 3.20. The number of rotatable bonds is 3. The van der Waals surface area contributed by atoms with Crippen LogP contribution in [-0.2, 0) is 0 Å². The highest BCUT2D eigenvalue weighted by Crippen LogP contribution is 2.03. The standard InChI is InChI=1S/C8H14O/c1-4-7(2)5-6-8(3)9/h8-9H,1,5-6H2,2-3H3/t8-/m0/s1. The van der Waals surface area contributed by atoms with Crippen LogP contribution in [0.1, 0.15) is 26.7 Å². The molecule has 0 amide bonds. The van der Waals surface area contributed by atoms with Gasteiger partial charge < -0.3 is 5.11 Å². The fraction of sp³-hybridized carbons (Fsp3) is 0.625. The second kappa shape index (κ2) is 4.37. The summed E-state index contributed by atoms with van der Waals surface area (Å²) in [6.45, 7) is 7.25. The molecular formula is C8H14O. The fourth-order valence-corrected chi connectivity index (χ4v) is 0.514. The van der Waals surface area contributed by atoms with E-state index in [4.69, 9.17) is 5.11 Å². The summed E-state index contributed by atoms with van der Waals surface area (Å²) < 4.78 is 0. The second-order valence-corrected chi connectivity index (χ2v) is 2.34. The lowest BCUT2D eigenvalue weighted by Crippen LogP contribution is -1.98. The molecule has 0 saturated carbocycles. The Hall–Kier alpha value is -0.520. The van der Waals surface area contributed by atoms with Crippen molar-refractivity contribution in [3.05, 3.63) is 17.9 Å². The van der Waals surface area contributed by atoms with Crippen molar-refractivity contribution in [3.63, 3.8) is 0 Å². The first kappa shape index (κ1) is 8.48. The van der Waals surface area contributed by atoms with E-state index in [0.717, 1.165) is 18.4 Å². The molecule has 0 fully saturated rings. The molecule has 0 rings (SSSR count). The molecule has 0 aliphatic carbocycles. The van der Waals surface area contributed by atoms with Crippen LogP contribution in [0.25, 0.3) is 0 Å². The van der Waals surface area contributed by atoms with Gasteiger partial charge in [0.05, 0.1) is 6.10 Å². The van der Waals surface area contributed by atoms with Gasteiger partial charge in [-0.3, -0.25) is 0 Å². The van der Waals surface area contributed by atoms with Crippen molar-refractivity contribution < 1.29 is 5.11 Å². The van der Waals surface area contributed by atoms with Gasteiger partial charge in [-0.05, 0) is 32.3 Å². The summed E-state index contributed by atoms with van der Waals surface area (Å²) >= 11 is 0. The number of aliphatic hydroxyl groups is 1. The molecule has 9 heavy (non-hydrogen) atoms. The molecule has 1 heteroatoms. The summed E-state index contributed by atoms with van der Waals surface area (Å²) in [6.07, 6.45) is 1.52. The van der Waals surface area contributed by atoms with Crippen molar-refractivity contribution in [2.24, 2.45) is 0 Å². The number of hydrogen-bond acceptors (Lipinski definition) is 1. The van der Waals surface area contributed by atoms with Gasteiger partial charge in [0.2, 0.25) is 0 Å². The maximum Gasteiger partial charge on any atom is 0.0515 e. The van der Waals surface area contributed by atoms with Gasteiger partial charge in [0, 0.05) is 0 Å². The van der Waals surface area contributed by atoms with Crippen molar-refractivity contribution in [2.75, 3.05) is 0 Å². The van der Waals surface area contributed by atoms with Crippen molar-refractivity contribution in [1.82, 2.24) is 0 Å². The van der Waals surface area contributed by atoms with E-state index in [0.29, 0.717) is 0 Å². The molecule has 1 atom stereocenters. The van der Waals surface area contributed by atoms with Crippen LogP contribution < -0.4 is 0 Å². The molecule has 0 bridgehead atoms. The summed E-state index contributed by atoms with van der Waals surface area (Å²) in [5.41, 5.74) is 3.90. The summed E-state index contributed by atoms with van der Waals surface area (Å²) in [5.74, 6) is 0. The van der Waals surface area contributed by atoms with Gasteiger partial charge >= 0.3 is 0 Å². The Balaban J connectivity index is 3.40. The normalized spacial score (nSPS) is 12.3. The third kappa shape index (κ3) is 5.35. The van der Waals surface area contributed by atoms with E-state index in [9.17, 15) is 0 Å². The zero-order valence-corrected chi connectivity index (χ0v) is 6.15. The molecule has 0 aromatic carbocycles. The maximum absolute atomic E-state index is 8.84. The highest BCUT2D eigenvalue weighted by Gasteiger charge is 1.94. The molecule has 0 aliphatic heterocycles. The molecular weight excluding hydrogens is 112 g/mol. The van der Waals surface area contributed by atoms with Crippen LogP contribution in [0.4, 0.5) is 0 Å². The second-order valence-electron chi connectivity index (χ2n) is 2.34. The molecule has 0 saturated heterocycles. The van der Waals surface area contributed by atoms with Crippen LogP contribution in [0.2, 0.25) is 0 Å². The van der Waals surface area contributed by atoms with Crippen molar-refractivity contribution >= 4 is 0 Å². The lowest BCUT2D eigenvalue weighted by molar-refractivity contribution is 0.185. The predicted octanol–water partition coefficient (Wildman–Crippen LogP) is 1.88. The number of hydrogen-bond donors (Lipinski definition) is 1. The Kier molecular flexibility index (Phi) is 4.12. The Morgan fingerprint density at radius 2 is 2.33 bits per heavy atom. The molecule has 0 radical (unpaired) electrons. The first-order chi connectivity index (χ1) is 4.16. The number of aliphatic hydroxyl groups excluding tert-OH is 1. The van der Waals surface area contributed by atoms with Gasteiger partial charge in [0.1, 0.15) is 0 Å². The lowest BCUT2D eigenvalue weighted by Gasteiger charge is -2.00. The van der Waals surface area contributed by atoms with E-state index in [1.807, 2.05) is 6.92 Å². The maximum atomic E-state index is 8.84. The summed E-state index contributed by atoms with van der Waals surface area (Å²) in [4.78, 5) is 0. The van der Waals surface area contributed by atoms with E-state index >= 15 is 0 Å². The SMILES string of the molecule is C=C=C(C)CC[C@H](C)O. The minimum atomic E-state index is -0.201. The van der Waals surface area contributed by atoms with Crippen LogP contribution in [0.3, 0.4) is 0 Å². The summed E-state index contributed by atoms with van der Waals surface area (Å²) in [5, 5.41) is 8.84. The quantitative estimate of drug-likeness (QED) is 0.572. The van der Waals surface area contributed by atoms with Crippen molar-refractivity contribution in [3.8, 4) is 0 Å². The summed E-state index contributed by atoms with van der Waals surface area (Å²) in [7, 11) is 0. The molecule has 1 nitrogen and oxygen atoms in total. The van der Waals surface area contributed by atoms with Gasteiger partial charge in [-0.2, -0.15) is 0 Å². The van der Waals surface area contributed by atoms with Crippen LogP contribution in [-0.4, -0.2) is 11.2 Å². The zero-order valence-electron chi connectivity index (χ0n) is 6.15. The highest BCUT2D eigenvalue weighted by atomic mass is 16.3. The zero-order chi connectivity index (χ0) is 7.28. The van der Waals surface area contributed by atoms with Crippen LogP contribution in [0, 0.1) is 0 Å². The minimum absolute atomic E-state index is 0.201. The predicted molar refractivity (Wildman–Crippen MR) is 39.2 cm³/mol. The van der Waals surface area contributed by atoms with Crippen molar-refractivity contribution in [1.29, 1.82) is 0 Å². The monoisotopic (exact) mass is 126 g/mol. The fourth-order valence-electron chi connectivity index (χ4n) is 0.514. The largest absolute Gasteiger partial charge is 0.393 e. The van der Waals surface area contributed by atoms with E-state index in [1.54, 1.807) is 6.92 Å². The first-order valence-corrected chi connectivity index (χ1v) is 3.20. The molecule has 0 aromatic heterocycles. The Bertz CT molecular complexity index is 119. The van der Waals surface area contributed by atoms with Crippen LogP contribution >= 0.6 is 0 Å². The minimum Gasteiger partial charge on any atom is -0.393 e. The van der Waals surface area contributed by atoms with E-state index < -0.39 is 0 Å². The highest BCUT2D eigenvalue weighted by molar-refractivity contribution is 4.93.